The van der Waals surface area contributed by atoms with Crippen LogP contribution in [0, 0.1) is 5.92 Å². The number of carboxylic acid groups (broad SMARTS) is 1. The van der Waals surface area contributed by atoms with Gasteiger partial charge in [-0.25, -0.2) is 4.79 Å². The van der Waals surface area contributed by atoms with Crippen LogP contribution in [0.15, 0.2) is 48.5 Å². The molecule has 1 fully saturated rings. The first-order valence-corrected chi connectivity index (χ1v) is 11.1. The Morgan fingerprint density at radius 2 is 1.66 bits per heavy atom. The third-order valence-electron chi connectivity index (χ3n) is 6.25. The minimum absolute atomic E-state index is 0.00195. The molecule has 168 valence electrons. The molecular weight excluding hydrogens is 408 g/mol. The van der Waals surface area contributed by atoms with Gasteiger partial charge in [0, 0.05) is 18.5 Å². The minimum atomic E-state index is -1.02. The fourth-order valence-electron chi connectivity index (χ4n) is 4.42. The molecule has 2 aliphatic rings. The summed E-state index contributed by atoms with van der Waals surface area (Å²) in [6.45, 7) is 1.88. The highest BCUT2D eigenvalue weighted by molar-refractivity contribution is 5.84. The van der Waals surface area contributed by atoms with E-state index in [9.17, 15) is 14.4 Å². The number of alkyl carbamates (subject to hydrolysis) is 1. The number of carbonyl (C=O) groups is 3. The first kappa shape index (κ1) is 21.9. The molecule has 0 bridgehead atoms. The average Bonchev–Trinajstić information content (AvgIpc) is 3.59. The number of carbonyl (C=O) groups excluding carboxylic acids is 2. The molecule has 1 unspecified atom stereocenters. The third-order valence-corrected chi connectivity index (χ3v) is 6.25. The lowest BCUT2D eigenvalue weighted by Crippen LogP contribution is -2.44. The molecule has 32 heavy (non-hydrogen) atoms. The molecule has 1 saturated carbocycles. The van der Waals surface area contributed by atoms with Crippen molar-refractivity contribution in [2.45, 2.75) is 38.1 Å². The number of fused-ring (bicyclic) bond motifs is 3. The van der Waals surface area contributed by atoms with Crippen LogP contribution in [0.25, 0.3) is 11.1 Å². The molecule has 7 heteroatoms. The van der Waals surface area contributed by atoms with Gasteiger partial charge >= 0.3 is 12.1 Å². The van der Waals surface area contributed by atoms with Crippen molar-refractivity contribution in [3.05, 3.63) is 59.7 Å². The first-order chi connectivity index (χ1) is 15.5. The van der Waals surface area contributed by atoms with Crippen LogP contribution in [0.4, 0.5) is 4.79 Å². The van der Waals surface area contributed by atoms with E-state index in [0.29, 0.717) is 6.42 Å². The molecule has 0 spiro atoms. The Morgan fingerprint density at radius 1 is 1.06 bits per heavy atom. The molecular formula is C25H28N2O5. The van der Waals surface area contributed by atoms with Gasteiger partial charge in [-0.2, -0.15) is 0 Å². The van der Waals surface area contributed by atoms with E-state index in [0.717, 1.165) is 35.1 Å². The van der Waals surface area contributed by atoms with Gasteiger partial charge in [-0.1, -0.05) is 55.5 Å². The number of ether oxygens (including phenoxy) is 1. The number of benzene rings is 2. The summed E-state index contributed by atoms with van der Waals surface area (Å²) >= 11 is 0. The summed E-state index contributed by atoms with van der Waals surface area (Å²) in [5.74, 6) is -1.76. The highest BCUT2D eigenvalue weighted by Crippen LogP contribution is 2.44. The second-order valence-corrected chi connectivity index (χ2v) is 8.40. The Labute approximate surface area is 187 Å². The number of aliphatic carboxylic acids is 1. The van der Waals surface area contributed by atoms with E-state index < -0.39 is 18.0 Å². The zero-order valence-electron chi connectivity index (χ0n) is 18.1. The highest BCUT2D eigenvalue weighted by Gasteiger charge is 2.36. The van der Waals surface area contributed by atoms with Crippen LogP contribution in [-0.2, 0) is 14.3 Å². The molecule has 2 N–H and O–H groups in total. The van der Waals surface area contributed by atoms with Crippen molar-refractivity contribution < 1.29 is 24.2 Å². The molecule has 2 amide bonds. The van der Waals surface area contributed by atoms with Crippen LogP contribution in [0.1, 0.15) is 43.2 Å². The van der Waals surface area contributed by atoms with Crippen LogP contribution in [0.3, 0.4) is 0 Å². The molecule has 0 saturated heterocycles. The largest absolute Gasteiger partial charge is 0.480 e. The Morgan fingerprint density at radius 3 is 2.19 bits per heavy atom. The molecule has 1 atom stereocenters. The number of amides is 2. The summed E-state index contributed by atoms with van der Waals surface area (Å²) in [5.41, 5.74) is 4.59. The van der Waals surface area contributed by atoms with E-state index >= 15 is 0 Å². The van der Waals surface area contributed by atoms with Crippen molar-refractivity contribution in [1.29, 1.82) is 0 Å². The predicted molar refractivity (Wildman–Crippen MR) is 119 cm³/mol. The van der Waals surface area contributed by atoms with Gasteiger partial charge in [0.25, 0.3) is 0 Å². The van der Waals surface area contributed by atoms with Crippen LogP contribution >= 0.6 is 0 Å². The number of carboxylic acids is 1. The number of rotatable bonds is 9. The van der Waals surface area contributed by atoms with E-state index in [2.05, 4.69) is 29.6 Å². The van der Waals surface area contributed by atoms with Gasteiger partial charge in [-0.15, -0.1) is 0 Å². The Balaban J connectivity index is 1.34. The summed E-state index contributed by atoms with van der Waals surface area (Å²) in [7, 11) is 0. The van der Waals surface area contributed by atoms with Crippen molar-refractivity contribution in [3.8, 4) is 11.1 Å². The van der Waals surface area contributed by atoms with Crippen LogP contribution < -0.4 is 5.32 Å². The molecule has 2 aromatic rings. The van der Waals surface area contributed by atoms with Crippen molar-refractivity contribution in [3.63, 3.8) is 0 Å². The highest BCUT2D eigenvalue weighted by atomic mass is 16.5. The second kappa shape index (κ2) is 9.42. The van der Waals surface area contributed by atoms with E-state index in [1.165, 1.54) is 4.90 Å². The lowest BCUT2D eigenvalue weighted by Gasteiger charge is -2.25. The Bertz CT molecular complexity index is 971. The molecule has 0 aliphatic heterocycles. The van der Waals surface area contributed by atoms with Crippen molar-refractivity contribution in [1.82, 2.24) is 10.2 Å². The van der Waals surface area contributed by atoms with Gasteiger partial charge in [-0.3, -0.25) is 9.59 Å². The van der Waals surface area contributed by atoms with Gasteiger partial charge < -0.3 is 20.1 Å². The van der Waals surface area contributed by atoms with E-state index in [1.54, 1.807) is 0 Å². The predicted octanol–water partition coefficient (Wildman–Crippen LogP) is 3.63. The maximum atomic E-state index is 12.8. The standard InChI is InChI=1S/C25H28N2O5/c1-2-16(24(30)27(14-23(28)29)17-11-12-17)13-26-25(31)32-15-22-20-9-5-3-7-18(20)19-8-4-6-10-21(19)22/h3-10,16-17,22H,2,11-15H2,1H3,(H,26,31)(H,28,29). The number of nitrogens with one attached hydrogen (secondary N) is 1. The fraction of sp³-hybridized carbons (Fsp3) is 0.400. The van der Waals surface area contributed by atoms with E-state index in [4.69, 9.17) is 9.84 Å². The first-order valence-electron chi connectivity index (χ1n) is 11.1. The van der Waals surface area contributed by atoms with Crippen LogP contribution in [0.2, 0.25) is 0 Å². The quantitative estimate of drug-likeness (QED) is 0.626. The number of hydrogen-bond acceptors (Lipinski definition) is 4. The molecule has 0 aromatic heterocycles. The smallest absolute Gasteiger partial charge is 0.407 e. The van der Waals surface area contributed by atoms with E-state index in [1.807, 2.05) is 31.2 Å². The summed E-state index contributed by atoms with van der Waals surface area (Å²) in [6.07, 6.45) is 1.59. The van der Waals surface area contributed by atoms with Gasteiger partial charge in [0.1, 0.15) is 13.2 Å². The molecule has 4 rings (SSSR count). The number of hydrogen-bond donors (Lipinski definition) is 2. The molecule has 2 aromatic carbocycles. The van der Waals surface area contributed by atoms with Crippen molar-refractivity contribution in [2.75, 3.05) is 19.7 Å². The van der Waals surface area contributed by atoms with Gasteiger partial charge in [-0.05, 0) is 41.5 Å². The molecule has 2 aliphatic carbocycles. The van der Waals surface area contributed by atoms with Crippen LogP contribution in [-0.4, -0.2) is 53.7 Å². The van der Waals surface area contributed by atoms with Crippen LogP contribution in [0.5, 0.6) is 0 Å². The molecule has 7 nitrogen and oxygen atoms in total. The summed E-state index contributed by atoms with van der Waals surface area (Å²) in [6, 6.07) is 16.2. The topological polar surface area (TPSA) is 95.9 Å². The maximum absolute atomic E-state index is 12.8. The zero-order valence-corrected chi connectivity index (χ0v) is 18.1. The second-order valence-electron chi connectivity index (χ2n) is 8.40. The third kappa shape index (κ3) is 4.61. The Hall–Kier alpha value is -3.35. The lowest BCUT2D eigenvalue weighted by atomic mass is 9.98. The van der Waals surface area contributed by atoms with Gasteiger partial charge in [0.2, 0.25) is 5.91 Å². The monoisotopic (exact) mass is 436 g/mol. The SMILES string of the molecule is CCC(CNC(=O)OCC1c2ccccc2-c2ccccc21)C(=O)N(CC(=O)O)C1CC1. The fourth-order valence-corrected chi connectivity index (χ4v) is 4.42. The molecule has 0 heterocycles. The maximum Gasteiger partial charge on any atom is 0.407 e. The molecule has 0 radical (unpaired) electrons. The zero-order chi connectivity index (χ0) is 22.7. The average molecular weight is 437 g/mol. The lowest BCUT2D eigenvalue weighted by molar-refractivity contribution is -0.146. The summed E-state index contributed by atoms with van der Waals surface area (Å²) in [4.78, 5) is 37.8. The van der Waals surface area contributed by atoms with E-state index in [-0.39, 0.29) is 37.6 Å². The van der Waals surface area contributed by atoms with Crippen molar-refractivity contribution in [2.24, 2.45) is 5.92 Å². The Kier molecular flexibility index (Phi) is 6.44. The summed E-state index contributed by atoms with van der Waals surface area (Å²) < 4.78 is 5.53. The van der Waals surface area contributed by atoms with Gasteiger partial charge in [0.15, 0.2) is 0 Å². The normalized spacial score (nSPS) is 15.4. The minimum Gasteiger partial charge on any atom is -0.480 e. The number of nitrogens with zero attached hydrogens (tertiary/aromatic N) is 1. The van der Waals surface area contributed by atoms with Gasteiger partial charge in [0.05, 0.1) is 5.92 Å². The summed E-state index contributed by atoms with van der Waals surface area (Å²) in [5, 5.41) is 11.8. The van der Waals surface area contributed by atoms with Crippen molar-refractivity contribution >= 4 is 18.0 Å².